The molecule has 1 aliphatic carbocycles. The van der Waals surface area contributed by atoms with Crippen LogP contribution in [0.25, 0.3) is 17.3 Å². The normalized spacial score (nSPS) is 20.5. The Kier molecular flexibility index (Phi) is 5.60. The molecule has 3 heterocycles. The Morgan fingerprint density at radius 1 is 1.24 bits per heavy atom. The van der Waals surface area contributed by atoms with Crippen LogP contribution in [0.15, 0.2) is 36.7 Å². The third kappa shape index (κ3) is 3.88. The van der Waals surface area contributed by atoms with Crippen LogP contribution in [-0.2, 0) is 7.05 Å². The molecule has 33 heavy (non-hydrogen) atoms. The van der Waals surface area contributed by atoms with Crippen LogP contribution in [0.3, 0.4) is 0 Å². The molecule has 1 aromatic carbocycles. The second-order valence-electron chi connectivity index (χ2n) is 8.85. The minimum atomic E-state index is -0.0287. The van der Waals surface area contributed by atoms with Crippen LogP contribution in [-0.4, -0.2) is 44.5 Å². The first-order valence-electron chi connectivity index (χ1n) is 11.2. The van der Waals surface area contributed by atoms with Crippen molar-refractivity contribution in [2.75, 3.05) is 13.1 Å². The lowest BCUT2D eigenvalue weighted by Crippen LogP contribution is -2.42. The Balaban J connectivity index is 1.55. The Bertz CT molecular complexity index is 1260. The number of piperidine rings is 1. The molecule has 1 aliphatic heterocycles. The van der Waals surface area contributed by atoms with Crippen LogP contribution in [0, 0.1) is 11.3 Å². The van der Waals surface area contributed by atoms with Gasteiger partial charge in [-0.15, -0.1) is 11.3 Å². The molecule has 0 bridgehead atoms. The van der Waals surface area contributed by atoms with Gasteiger partial charge in [0, 0.05) is 48.5 Å². The van der Waals surface area contributed by atoms with Crippen molar-refractivity contribution in [2.45, 2.75) is 37.6 Å². The fraction of sp³-hybridized carbons (Fsp3) is 0.360. The van der Waals surface area contributed by atoms with Crippen molar-refractivity contribution < 1.29 is 4.79 Å². The number of aromatic nitrogens is 3. The van der Waals surface area contributed by atoms with Gasteiger partial charge in [0.1, 0.15) is 0 Å². The van der Waals surface area contributed by atoms with Crippen LogP contribution in [0.1, 0.15) is 63.2 Å². The van der Waals surface area contributed by atoms with E-state index in [4.69, 9.17) is 10.7 Å². The summed E-state index contributed by atoms with van der Waals surface area (Å²) in [6, 6.07) is 9.74. The molecule has 2 aromatic heterocycles. The molecular weight excluding hydrogens is 432 g/mol. The van der Waals surface area contributed by atoms with E-state index in [1.54, 1.807) is 12.1 Å². The number of hydrogen-bond donors (Lipinski definition) is 1. The van der Waals surface area contributed by atoms with Crippen molar-refractivity contribution in [1.29, 1.82) is 5.26 Å². The van der Waals surface area contributed by atoms with Gasteiger partial charge < -0.3 is 15.2 Å². The number of nitrogens with zero attached hydrogens (tertiary/aromatic N) is 5. The van der Waals surface area contributed by atoms with E-state index in [9.17, 15) is 10.1 Å². The number of carbonyl (C=O) groups excluding carboxylic acids is 1. The predicted molar refractivity (Wildman–Crippen MR) is 129 cm³/mol. The lowest BCUT2D eigenvalue weighted by molar-refractivity contribution is 0.0714. The summed E-state index contributed by atoms with van der Waals surface area (Å²) >= 11 is 1.47. The van der Waals surface area contributed by atoms with Gasteiger partial charge in [0.05, 0.1) is 35.0 Å². The topological polar surface area (TPSA) is 101 Å². The zero-order valence-electron chi connectivity index (χ0n) is 18.7. The third-order valence-electron chi connectivity index (χ3n) is 6.70. The summed E-state index contributed by atoms with van der Waals surface area (Å²) < 4.78 is 2.03. The molecule has 2 aliphatic rings. The van der Waals surface area contributed by atoms with Gasteiger partial charge in [-0.25, -0.2) is 9.97 Å². The van der Waals surface area contributed by atoms with E-state index in [1.165, 1.54) is 11.3 Å². The monoisotopic (exact) mass is 458 g/mol. The van der Waals surface area contributed by atoms with Gasteiger partial charge in [0.15, 0.2) is 5.01 Å². The number of fused-ring (bicyclic) bond motifs is 1. The van der Waals surface area contributed by atoms with E-state index in [2.05, 4.69) is 30.1 Å². The lowest BCUT2D eigenvalue weighted by atomic mass is 9.83. The fourth-order valence-electron chi connectivity index (χ4n) is 4.65. The maximum absolute atomic E-state index is 13.3. The minimum Gasteiger partial charge on any atom is -0.336 e. The molecule has 1 amide bonds. The molecule has 2 atom stereocenters. The fourth-order valence-corrected chi connectivity index (χ4v) is 5.89. The maximum atomic E-state index is 13.3. The molecule has 2 N–H and O–H groups in total. The molecule has 1 saturated heterocycles. The van der Waals surface area contributed by atoms with E-state index in [0.717, 1.165) is 40.4 Å². The first kappa shape index (κ1) is 21.6. The number of allylic oxidation sites excluding steroid dienone is 1. The van der Waals surface area contributed by atoms with Crippen molar-refractivity contribution in [3.05, 3.63) is 63.5 Å². The zero-order chi connectivity index (χ0) is 23.1. The highest BCUT2D eigenvalue weighted by Crippen LogP contribution is 2.45. The number of aryl methyl sites for hydroxylation is 1. The summed E-state index contributed by atoms with van der Waals surface area (Å²) in [6.07, 6.45) is 7.79. The Hall–Kier alpha value is -3.28. The SMILES string of the molecule is CC1c2ncn(C)c2C=CC1c1sc(C(=O)N2CCC(N)CC2)nc1-c1ccc(C#N)cc1. The number of imidazole rings is 1. The summed E-state index contributed by atoms with van der Waals surface area (Å²) in [5.41, 5.74) is 10.5. The van der Waals surface area contributed by atoms with Gasteiger partial charge in [-0.05, 0) is 31.1 Å². The summed E-state index contributed by atoms with van der Waals surface area (Å²) in [4.78, 5) is 25.7. The second-order valence-corrected chi connectivity index (χ2v) is 9.88. The quantitative estimate of drug-likeness (QED) is 0.642. The van der Waals surface area contributed by atoms with E-state index in [1.807, 2.05) is 35.0 Å². The minimum absolute atomic E-state index is 0.0287. The van der Waals surface area contributed by atoms with Crippen LogP contribution in [0.4, 0.5) is 0 Å². The Morgan fingerprint density at radius 3 is 2.67 bits per heavy atom. The molecule has 7 nitrogen and oxygen atoms in total. The predicted octanol–water partition coefficient (Wildman–Crippen LogP) is 3.89. The summed E-state index contributed by atoms with van der Waals surface area (Å²) in [7, 11) is 2.00. The number of nitrogens with two attached hydrogens (primary N) is 1. The molecule has 1 fully saturated rings. The van der Waals surface area contributed by atoms with Crippen molar-refractivity contribution in [1.82, 2.24) is 19.4 Å². The average molecular weight is 459 g/mol. The molecule has 8 heteroatoms. The van der Waals surface area contributed by atoms with Crippen molar-refractivity contribution in [2.24, 2.45) is 12.8 Å². The first-order valence-corrected chi connectivity index (χ1v) is 12.0. The summed E-state index contributed by atoms with van der Waals surface area (Å²) in [6.45, 7) is 3.51. The highest BCUT2D eigenvalue weighted by molar-refractivity contribution is 7.14. The standard InChI is InChI=1S/C25H26N6OS/c1-15-19(7-8-20-21(15)28-14-30(20)2)23-22(17-5-3-16(13-26)4-6-17)29-24(33-23)25(32)31-11-9-18(27)10-12-31/h3-8,14-15,18-19H,9-12,27H2,1-2H3. The second kappa shape index (κ2) is 8.58. The highest BCUT2D eigenvalue weighted by atomic mass is 32.1. The van der Waals surface area contributed by atoms with Gasteiger partial charge in [-0.1, -0.05) is 25.1 Å². The van der Waals surface area contributed by atoms with Gasteiger partial charge in [0.2, 0.25) is 0 Å². The highest BCUT2D eigenvalue weighted by Gasteiger charge is 2.33. The Labute approximate surface area is 197 Å². The van der Waals surface area contributed by atoms with Crippen molar-refractivity contribution >= 4 is 23.3 Å². The first-order chi connectivity index (χ1) is 16.0. The number of carbonyl (C=O) groups is 1. The van der Waals surface area contributed by atoms with Crippen LogP contribution in [0.5, 0.6) is 0 Å². The van der Waals surface area contributed by atoms with Gasteiger partial charge in [0.25, 0.3) is 5.91 Å². The molecular formula is C25H26N6OS. The number of hydrogen-bond acceptors (Lipinski definition) is 6. The van der Waals surface area contributed by atoms with E-state index in [-0.39, 0.29) is 23.8 Å². The van der Waals surface area contributed by atoms with Gasteiger partial charge in [-0.2, -0.15) is 5.26 Å². The van der Waals surface area contributed by atoms with E-state index < -0.39 is 0 Å². The van der Waals surface area contributed by atoms with Gasteiger partial charge >= 0.3 is 0 Å². The number of rotatable bonds is 3. The van der Waals surface area contributed by atoms with Crippen molar-refractivity contribution in [3.63, 3.8) is 0 Å². The summed E-state index contributed by atoms with van der Waals surface area (Å²) in [5, 5.41) is 9.69. The van der Waals surface area contributed by atoms with Gasteiger partial charge in [-0.3, -0.25) is 4.79 Å². The number of thiazole rings is 1. The van der Waals surface area contributed by atoms with Crippen LogP contribution < -0.4 is 5.73 Å². The van der Waals surface area contributed by atoms with E-state index >= 15 is 0 Å². The smallest absolute Gasteiger partial charge is 0.282 e. The molecule has 2 unspecified atom stereocenters. The molecule has 0 saturated carbocycles. The molecule has 168 valence electrons. The molecule has 5 rings (SSSR count). The zero-order valence-corrected chi connectivity index (χ0v) is 19.5. The Morgan fingerprint density at radius 2 is 1.97 bits per heavy atom. The number of benzene rings is 1. The molecule has 0 spiro atoms. The maximum Gasteiger partial charge on any atom is 0.282 e. The van der Waals surface area contributed by atoms with E-state index in [0.29, 0.717) is 23.7 Å². The molecule has 3 aromatic rings. The lowest BCUT2D eigenvalue weighted by Gasteiger charge is -2.29. The summed E-state index contributed by atoms with van der Waals surface area (Å²) in [5.74, 6) is 0.186. The van der Waals surface area contributed by atoms with Crippen LogP contribution in [0.2, 0.25) is 0 Å². The van der Waals surface area contributed by atoms with Crippen molar-refractivity contribution in [3.8, 4) is 17.3 Å². The average Bonchev–Trinajstić information content (AvgIpc) is 3.44. The van der Waals surface area contributed by atoms with Crippen LogP contribution >= 0.6 is 11.3 Å². The largest absolute Gasteiger partial charge is 0.336 e. The number of likely N-dealkylation sites (tertiary alicyclic amines) is 1. The molecule has 0 radical (unpaired) electrons. The number of amides is 1. The number of nitriles is 1. The third-order valence-corrected chi connectivity index (χ3v) is 7.84.